The maximum absolute atomic E-state index is 3.31. The number of hydrogen-bond acceptors (Lipinski definition) is 0. The van der Waals surface area contributed by atoms with Gasteiger partial charge in [0.25, 0.3) is 0 Å². The van der Waals surface area contributed by atoms with Crippen molar-refractivity contribution in [2.24, 2.45) is 0 Å². The second-order valence-electron chi connectivity index (χ2n) is 4.43. The quantitative estimate of drug-likeness (QED) is 0.598. The number of aryl methyl sites for hydroxylation is 1. The fourth-order valence-electron chi connectivity index (χ4n) is 2.26. The first kappa shape index (κ1) is 10.9. The summed E-state index contributed by atoms with van der Waals surface area (Å²) in [7, 11) is 0. The number of allylic oxidation sites excluding steroid dienone is 2. The van der Waals surface area contributed by atoms with E-state index in [2.05, 4.69) is 42.2 Å². The van der Waals surface area contributed by atoms with Crippen LogP contribution >= 0.6 is 0 Å². The van der Waals surface area contributed by atoms with Crippen molar-refractivity contribution in [1.29, 1.82) is 0 Å². The molecule has 0 nitrogen and oxygen atoms in total. The van der Waals surface area contributed by atoms with Crippen molar-refractivity contribution >= 4 is 5.57 Å². The highest BCUT2D eigenvalue weighted by molar-refractivity contribution is 5.82. The maximum Gasteiger partial charge on any atom is 0.0284 e. The van der Waals surface area contributed by atoms with Gasteiger partial charge in [-0.15, -0.1) is 0 Å². The highest BCUT2D eigenvalue weighted by Gasteiger charge is 2.09. The van der Waals surface area contributed by atoms with Crippen LogP contribution in [0.4, 0.5) is 0 Å². The molecule has 1 aliphatic carbocycles. The van der Waals surface area contributed by atoms with Crippen molar-refractivity contribution in [2.75, 3.05) is 0 Å². The van der Waals surface area contributed by atoms with Crippen LogP contribution in [0.5, 0.6) is 0 Å². The van der Waals surface area contributed by atoms with Crippen LogP contribution in [0.2, 0.25) is 0 Å². The summed E-state index contributed by atoms with van der Waals surface area (Å²) < 4.78 is 0. The molecule has 2 aromatic carbocycles. The van der Waals surface area contributed by atoms with Gasteiger partial charge in [-0.1, -0.05) is 60.4 Å². The summed E-state index contributed by atoms with van der Waals surface area (Å²) in [5.74, 6) is 6.54. The van der Waals surface area contributed by atoms with Crippen LogP contribution in [0.15, 0.2) is 60.7 Å². The first-order valence-electron chi connectivity index (χ1n) is 6.29. The van der Waals surface area contributed by atoms with E-state index in [0.29, 0.717) is 0 Å². The maximum atomic E-state index is 3.31. The fraction of sp³-hybridized carbons (Fsp3) is 0.111. The van der Waals surface area contributed by atoms with Crippen LogP contribution < -0.4 is 0 Å². The standard InChI is InChI=1S/C18H14/c1-2-7-15(8-3-1)13-14-17-11-6-10-16-9-4-5-12-18(16)17/h1-5,7-9,11-12H,6,10H2. The Labute approximate surface area is 108 Å². The molecule has 0 amide bonds. The molecule has 0 N–H and O–H groups in total. The molecule has 0 spiro atoms. The van der Waals surface area contributed by atoms with Crippen LogP contribution in [0.25, 0.3) is 5.57 Å². The van der Waals surface area contributed by atoms with Gasteiger partial charge in [0.15, 0.2) is 0 Å². The van der Waals surface area contributed by atoms with Gasteiger partial charge >= 0.3 is 0 Å². The highest BCUT2D eigenvalue weighted by Crippen LogP contribution is 2.25. The second-order valence-corrected chi connectivity index (χ2v) is 4.43. The third-order valence-corrected chi connectivity index (χ3v) is 3.18. The predicted molar refractivity (Wildman–Crippen MR) is 76.1 cm³/mol. The molecule has 0 atom stereocenters. The van der Waals surface area contributed by atoms with Crippen LogP contribution in [-0.2, 0) is 6.42 Å². The van der Waals surface area contributed by atoms with Gasteiger partial charge in [0.2, 0.25) is 0 Å². The first-order valence-corrected chi connectivity index (χ1v) is 6.29. The second kappa shape index (κ2) is 4.94. The summed E-state index contributed by atoms with van der Waals surface area (Å²) in [6.07, 6.45) is 4.47. The molecule has 0 saturated carbocycles. The third-order valence-electron chi connectivity index (χ3n) is 3.18. The number of benzene rings is 2. The van der Waals surface area contributed by atoms with Gasteiger partial charge in [-0.2, -0.15) is 0 Å². The molecule has 18 heavy (non-hydrogen) atoms. The van der Waals surface area contributed by atoms with E-state index in [1.54, 1.807) is 0 Å². The Balaban J connectivity index is 1.95. The zero-order valence-corrected chi connectivity index (χ0v) is 10.2. The number of fused-ring (bicyclic) bond motifs is 1. The van der Waals surface area contributed by atoms with Crippen molar-refractivity contribution in [2.45, 2.75) is 12.8 Å². The Morgan fingerprint density at radius 3 is 2.44 bits per heavy atom. The minimum Gasteiger partial charge on any atom is -0.0678 e. The van der Waals surface area contributed by atoms with E-state index < -0.39 is 0 Å². The Morgan fingerprint density at radius 2 is 1.56 bits per heavy atom. The predicted octanol–water partition coefficient (Wildman–Crippen LogP) is 4.07. The van der Waals surface area contributed by atoms with Crippen LogP contribution in [0.1, 0.15) is 23.1 Å². The summed E-state index contributed by atoms with van der Waals surface area (Å²) in [4.78, 5) is 0. The lowest BCUT2D eigenvalue weighted by atomic mass is 9.91. The molecule has 0 fully saturated rings. The number of rotatable bonds is 0. The smallest absolute Gasteiger partial charge is 0.0284 e. The van der Waals surface area contributed by atoms with Gasteiger partial charge < -0.3 is 0 Å². The Morgan fingerprint density at radius 1 is 0.778 bits per heavy atom. The van der Waals surface area contributed by atoms with Crippen molar-refractivity contribution in [3.8, 4) is 11.8 Å². The molecule has 1 aliphatic rings. The summed E-state index contributed by atoms with van der Waals surface area (Å²) in [5.41, 5.74) is 4.95. The molecular weight excluding hydrogens is 216 g/mol. The van der Waals surface area contributed by atoms with Crippen LogP contribution in [0.3, 0.4) is 0 Å². The zero-order valence-electron chi connectivity index (χ0n) is 10.2. The summed E-state index contributed by atoms with van der Waals surface area (Å²) in [6, 6.07) is 18.7. The molecule has 0 unspecified atom stereocenters. The Bertz CT molecular complexity index is 636. The van der Waals surface area contributed by atoms with Gasteiger partial charge in [0, 0.05) is 11.1 Å². The third kappa shape index (κ3) is 2.21. The summed E-state index contributed by atoms with van der Waals surface area (Å²) in [6.45, 7) is 0. The van der Waals surface area contributed by atoms with Gasteiger partial charge in [0.05, 0.1) is 0 Å². The topological polar surface area (TPSA) is 0 Å². The molecular formula is C18H14. The average Bonchev–Trinajstić information content (AvgIpc) is 2.46. The normalized spacial score (nSPS) is 13.0. The van der Waals surface area contributed by atoms with E-state index in [4.69, 9.17) is 0 Å². The van der Waals surface area contributed by atoms with Gasteiger partial charge in [-0.05, 0) is 36.1 Å². The highest BCUT2D eigenvalue weighted by atomic mass is 14.1. The van der Waals surface area contributed by atoms with Gasteiger partial charge in [-0.25, -0.2) is 0 Å². The molecule has 0 aromatic heterocycles. The average molecular weight is 230 g/mol. The van der Waals surface area contributed by atoms with Crippen molar-refractivity contribution in [1.82, 2.24) is 0 Å². The molecule has 0 heteroatoms. The van der Waals surface area contributed by atoms with Gasteiger partial charge in [-0.3, -0.25) is 0 Å². The van der Waals surface area contributed by atoms with Gasteiger partial charge in [0.1, 0.15) is 0 Å². The molecule has 0 aliphatic heterocycles. The van der Waals surface area contributed by atoms with Crippen molar-refractivity contribution < 1.29 is 0 Å². The zero-order chi connectivity index (χ0) is 12.2. The Kier molecular flexibility index (Phi) is 2.98. The molecule has 3 rings (SSSR count). The van der Waals surface area contributed by atoms with Crippen LogP contribution in [0, 0.1) is 11.8 Å². The first-order chi connectivity index (χ1) is 8.93. The van der Waals surface area contributed by atoms with E-state index in [-0.39, 0.29) is 0 Å². The monoisotopic (exact) mass is 230 g/mol. The van der Waals surface area contributed by atoms with E-state index in [1.165, 1.54) is 16.7 Å². The lowest BCUT2D eigenvalue weighted by Gasteiger charge is -2.13. The van der Waals surface area contributed by atoms with Crippen molar-refractivity contribution in [3.63, 3.8) is 0 Å². The SMILES string of the molecule is C(#Cc1ccccc1)C1=CCCc2ccccc21. The van der Waals surface area contributed by atoms with Crippen molar-refractivity contribution in [3.05, 3.63) is 77.4 Å². The lowest BCUT2D eigenvalue weighted by Crippen LogP contribution is -1.97. The summed E-state index contributed by atoms with van der Waals surface area (Å²) in [5, 5.41) is 0. The molecule has 0 radical (unpaired) electrons. The lowest BCUT2D eigenvalue weighted by molar-refractivity contribution is 0.981. The molecule has 0 saturated heterocycles. The summed E-state index contributed by atoms with van der Waals surface area (Å²) >= 11 is 0. The molecule has 0 bridgehead atoms. The molecule has 86 valence electrons. The molecule has 2 aromatic rings. The van der Waals surface area contributed by atoms with Crippen LogP contribution in [-0.4, -0.2) is 0 Å². The van der Waals surface area contributed by atoms with E-state index >= 15 is 0 Å². The van der Waals surface area contributed by atoms with E-state index in [1.807, 2.05) is 30.3 Å². The van der Waals surface area contributed by atoms with E-state index in [9.17, 15) is 0 Å². The Hall–Kier alpha value is -2.26. The largest absolute Gasteiger partial charge is 0.0678 e. The molecule has 0 heterocycles. The van der Waals surface area contributed by atoms with E-state index in [0.717, 1.165) is 18.4 Å². The number of hydrogen-bond donors (Lipinski definition) is 0. The fourth-order valence-corrected chi connectivity index (χ4v) is 2.26. The minimum atomic E-state index is 1.07. The minimum absolute atomic E-state index is 1.07.